The first-order valence-corrected chi connectivity index (χ1v) is 6.20. The van der Waals surface area contributed by atoms with Gasteiger partial charge in [0.05, 0.1) is 0 Å². The van der Waals surface area contributed by atoms with Crippen molar-refractivity contribution in [1.82, 2.24) is 4.90 Å². The molecule has 0 aromatic carbocycles. The molecule has 1 heterocycles. The largest absolute Gasteiger partial charge is 0.328 e. The van der Waals surface area contributed by atoms with E-state index in [4.69, 9.17) is 5.73 Å². The summed E-state index contributed by atoms with van der Waals surface area (Å²) in [6, 6.07) is 2.05. The zero-order valence-corrected chi connectivity index (χ0v) is 9.58. The van der Waals surface area contributed by atoms with Gasteiger partial charge in [-0.05, 0) is 51.5 Å². The van der Waals surface area contributed by atoms with Crippen LogP contribution in [0.2, 0.25) is 0 Å². The molecule has 4 atom stereocenters. The molecule has 0 radical (unpaired) electrons. The van der Waals surface area contributed by atoms with Crippen LogP contribution in [-0.4, -0.2) is 29.6 Å². The fourth-order valence-corrected chi connectivity index (χ4v) is 3.18. The number of hydrogen-bond donors (Lipinski definition) is 1. The molecule has 2 nitrogen and oxygen atoms in total. The van der Waals surface area contributed by atoms with E-state index in [0.717, 1.165) is 18.0 Å². The molecule has 0 amide bonds. The number of nitrogens with two attached hydrogens (primary N) is 1. The first-order valence-electron chi connectivity index (χ1n) is 6.20. The third-order valence-electron chi connectivity index (χ3n) is 4.34. The highest BCUT2D eigenvalue weighted by Gasteiger charge is 2.33. The summed E-state index contributed by atoms with van der Waals surface area (Å²) in [5, 5.41) is 0. The second-order valence-corrected chi connectivity index (χ2v) is 5.32. The van der Waals surface area contributed by atoms with Crippen LogP contribution in [0.4, 0.5) is 0 Å². The number of piperidine rings is 1. The molecule has 0 bridgehead atoms. The van der Waals surface area contributed by atoms with Gasteiger partial charge in [0.15, 0.2) is 0 Å². The minimum atomic E-state index is 0.476. The van der Waals surface area contributed by atoms with Crippen molar-refractivity contribution in [3.05, 3.63) is 0 Å². The van der Waals surface area contributed by atoms with Gasteiger partial charge in [-0.3, -0.25) is 4.90 Å². The molecule has 82 valence electrons. The lowest BCUT2D eigenvalue weighted by Gasteiger charge is -2.41. The Morgan fingerprint density at radius 2 is 1.93 bits per heavy atom. The average molecular weight is 196 g/mol. The van der Waals surface area contributed by atoms with Gasteiger partial charge in [-0.2, -0.15) is 0 Å². The van der Waals surface area contributed by atoms with Crippen molar-refractivity contribution in [2.75, 3.05) is 6.54 Å². The third kappa shape index (κ3) is 1.96. The Balaban J connectivity index is 1.95. The van der Waals surface area contributed by atoms with Gasteiger partial charge >= 0.3 is 0 Å². The molecule has 1 saturated carbocycles. The Morgan fingerprint density at radius 3 is 2.57 bits per heavy atom. The summed E-state index contributed by atoms with van der Waals surface area (Å²) in [6.45, 7) is 6.10. The summed E-state index contributed by atoms with van der Waals surface area (Å²) in [7, 11) is 0. The van der Waals surface area contributed by atoms with E-state index in [1.165, 1.54) is 38.6 Å². The maximum Gasteiger partial charge on any atom is 0.0113 e. The van der Waals surface area contributed by atoms with E-state index in [1.807, 2.05) is 0 Å². The van der Waals surface area contributed by atoms with Crippen LogP contribution in [0, 0.1) is 5.92 Å². The number of nitrogens with zero attached hydrogens (tertiary/aromatic N) is 1. The van der Waals surface area contributed by atoms with Crippen LogP contribution in [0.25, 0.3) is 0 Å². The molecule has 1 saturated heterocycles. The lowest BCUT2D eigenvalue weighted by molar-refractivity contribution is 0.0701. The second kappa shape index (κ2) is 4.19. The monoisotopic (exact) mass is 196 g/mol. The zero-order valence-electron chi connectivity index (χ0n) is 9.58. The Bertz CT molecular complexity index is 193. The van der Waals surface area contributed by atoms with Crippen molar-refractivity contribution in [3.8, 4) is 0 Å². The second-order valence-electron chi connectivity index (χ2n) is 5.32. The average Bonchev–Trinajstić information content (AvgIpc) is 2.57. The van der Waals surface area contributed by atoms with Crippen molar-refractivity contribution in [2.45, 2.75) is 64.1 Å². The smallest absolute Gasteiger partial charge is 0.0113 e. The highest BCUT2D eigenvalue weighted by atomic mass is 15.2. The van der Waals surface area contributed by atoms with Crippen LogP contribution in [-0.2, 0) is 0 Å². The fraction of sp³-hybridized carbons (Fsp3) is 1.00. The minimum Gasteiger partial charge on any atom is -0.328 e. The van der Waals surface area contributed by atoms with Gasteiger partial charge in [-0.1, -0.05) is 6.92 Å². The standard InChI is InChI=1S/C12H24N2/c1-9-4-3-7-14(10(9)2)12-6-5-11(13)8-12/h9-12H,3-8,13H2,1-2H3. The van der Waals surface area contributed by atoms with Crippen molar-refractivity contribution in [1.29, 1.82) is 0 Å². The van der Waals surface area contributed by atoms with Crippen LogP contribution in [0.5, 0.6) is 0 Å². The number of likely N-dealkylation sites (tertiary alicyclic amines) is 1. The summed E-state index contributed by atoms with van der Waals surface area (Å²) >= 11 is 0. The summed E-state index contributed by atoms with van der Waals surface area (Å²) in [5.74, 6) is 0.876. The lowest BCUT2D eigenvalue weighted by Crippen LogP contribution is -2.47. The number of rotatable bonds is 1. The Kier molecular flexibility index (Phi) is 3.13. The molecule has 2 fully saturated rings. The molecular formula is C12H24N2. The van der Waals surface area contributed by atoms with Gasteiger partial charge < -0.3 is 5.73 Å². The molecule has 2 aliphatic rings. The molecule has 14 heavy (non-hydrogen) atoms. The first-order chi connectivity index (χ1) is 6.68. The molecule has 0 aromatic rings. The van der Waals surface area contributed by atoms with Crippen molar-refractivity contribution in [2.24, 2.45) is 11.7 Å². The molecule has 2 rings (SSSR count). The quantitative estimate of drug-likeness (QED) is 0.695. The van der Waals surface area contributed by atoms with Crippen LogP contribution in [0.15, 0.2) is 0 Å². The van der Waals surface area contributed by atoms with Crippen LogP contribution in [0.1, 0.15) is 46.0 Å². The number of hydrogen-bond acceptors (Lipinski definition) is 2. The van der Waals surface area contributed by atoms with E-state index in [1.54, 1.807) is 0 Å². The molecule has 1 aliphatic carbocycles. The molecule has 0 aromatic heterocycles. The first kappa shape index (κ1) is 10.4. The fourth-order valence-electron chi connectivity index (χ4n) is 3.18. The maximum atomic E-state index is 5.99. The molecule has 4 unspecified atom stereocenters. The van der Waals surface area contributed by atoms with Crippen molar-refractivity contribution < 1.29 is 0 Å². The van der Waals surface area contributed by atoms with Crippen molar-refractivity contribution in [3.63, 3.8) is 0 Å². The zero-order chi connectivity index (χ0) is 10.1. The Morgan fingerprint density at radius 1 is 1.14 bits per heavy atom. The van der Waals surface area contributed by atoms with Gasteiger partial charge in [0.2, 0.25) is 0 Å². The highest BCUT2D eigenvalue weighted by molar-refractivity contribution is 4.90. The van der Waals surface area contributed by atoms with Crippen LogP contribution < -0.4 is 5.73 Å². The normalized spacial score (nSPS) is 45.6. The Hall–Kier alpha value is -0.0800. The predicted molar refractivity (Wildman–Crippen MR) is 60.2 cm³/mol. The molecule has 2 heteroatoms. The van der Waals surface area contributed by atoms with Gasteiger partial charge in [-0.25, -0.2) is 0 Å². The van der Waals surface area contributed by atoms with E-state index in [9.17, 15) is 0 Å². The summed E-state index contributed by atoms with van der Waals surface area (Å²) in [6.07, 6.45) is 6.60. The van der Waals surface area contributed by atoms with E-state index in [-0.39, 0.29) is 0 Å². The molecule has 0 spiro atoms. The summed E-state index contributed by atoms with van der Waals surface area (Å²) in [5.41, 5.74) is 5.99. The van der Waals surface area contributed by atoms with Crippen molar-refractivity contribution >= 4 is 0 Å². The van der Waals surface area contributed by atoms with Crippen LogP contribution in [0.3, 0.4) is 0 Å². The minimum absolute atomic E-state index is 0.476. The summed E-state index contributed by atoms with van der Waals surface area (Å²) in [4.78, 5) is 2.72. The molecular weight excluding hydrogens is 172 g/mol. The van der Waals surface area contributed by atoms with E-state index >= 15 is 0 Å². The van der Waals surface area contributed by atoms with Gasteiger partial charge in [0.1, 0.15) is 0 Å². The molecule has 2 N–H and O–H groups in total. The SMILES string of the molecule is CC1CCCN(C2CCC(N)C2)C1C. The summed E-state index contributed by atoms with van der Waals surface area (Å²) < 4.78 is 0. The third-order valence-corrected chi connectivity index (χ3v) is 4.34. The maximum absolute atomic E-state index is 5.99. The van der Waals surface area contributed by atoms with E-state index < -0.39 is 0 Å². The van der Waals surface area contributed by atoms with E-state index in [0.29, 0.717) is 6.04 Å². The van der Waals surface area contributed by atoms with Gasteiger partial charge in [-0.15, -0.1) is 0 Å². The highest BCUT2D eigenvalue weighted by Crippen LogP contribution is 2.31. The molecule has 1 aliphatic heterocycles. The lowest BCUT2D eigenvalue weighted by atomic mass is 9.90. The van der Waals surface area contributed by atoms with E-state index in [2.05, 4.69) is 18.7 Å². The predicted octanol–water partition coefficient (Wildman–Crippen LogP) is 1.99. The van der Waals surface area contributed by atoms with Crippen LogP contribution >= 0.6 is 0 Å². The van der Waals surface area contributed by atoms with Gasteiger partial charge in [0.25, 0.3) is 0 Å². The topological polar surface area (TPSA) is 29.3 Å². The Labute approximate surface area is 87.8 Å². The van der Waals surface area contributed by atoms with Gasteiger partial charge in [0, 0.05) is 18.1 Å².